The molecule has 27 heavy (non-hydrogen) atoms. The normalized spacial score (nSPS) is 23.9. The van der Waals surface area contributed by atoms with Crippen molar-refractivity contribution in [2.75, 3.05) is 20.3 Å². The zero-order chi connectivity index (χ0) is 19.0. The lowest BCUT2D eigenvalue weighted by Crippen LogP contribution is -2.28. The number of halogens is 1. The number of nitrogens with zero attached hydrogens (tertiary/aromatic N) is 3. The molecule has 4 rings (SSSR count). The second-order valence-corrected chi connectivity index (χ2v) is 8.85. The Morgan fingerprint density at radius 2 is 2.15 bits per heavy atom. The highest BCUT2D eigenvalue weighted by Crippen LogP contribution is 2.50. The molecule has 1 aromatic heterocycles. The predicted molar refractivity (Wildman–Crippen MR) is 113 cm³/mol. The summed E-state index contributed by atoms with van der Waals surface area (Å²) in [6, 6.07) is 10.1. The van der Waals surface area contributed by atoms with E-state index < -0.39 is 0 Å². The largest absolute Gasteiger partial charge is 0.493 e. The molecule has 2 aliphatic heterocycles. The summed E-state index contributed by atoms with van der Waals surface area (Å²) in [5, 5.41) is 1.63. The number of amidine groups is 1. The number of hydrogen-bond donors (Lipinski definition) is 0. The Morgan fingerprint density at radius 1 is 1.30 bits per heavy atom. The first-order valence-corrected chi connectivity index (χ1v) is 10.7. The summed E-state index contributed by atoms with van der Waals surface area (Å²) in [6.07, 6.45) is 1.83. The monoisotopic (exact) mass is 447 g/mol. The molecule has 5 nitrogen and oxygen atoms in total. The minimum atomic E-state index is -0.0413. The maximum Gasteiger partial charge on any atom is 0.161 e. The molecule has 1 aromatic carbocycles. The molecule has 142 valence electrons. The van der Waals surface area contributed by atoms with E-state index in [1.54, 1.807) is 7.11 Å². The second-order valence-electron chi connectivity index (χ2n) is 6.59. The van der Waals surface area contributed by atoms with Gasteiger partial charge in [-0.1, -0.05) is 40.7 Å². The molecule has 1 fully saturated rings. The van der Waals surface area contributed by atoms with Crippen LogP contribution in [0.25, 0.3) is 0 Å². The highest BCUT2D eigenvalue weighted by Gasteiger charge is 2.44. The van der Waals surface area contributed by atoms with Crippen molar-refractivity contribution in [1.29, 1.82) is 0 Å². The van der Waals surface area contributed by atoms with Crippen LogP contribution in [0.4, 0.5) is 0 Å². The Balaban J connectivity index is 1.81. The highest BCUT2D eigenvalue weighted by molar-refractivity contribution is 9.10. The van der Waals surface area contributed by atoms with Gasteiger partial charge in [0.25, 0.3) is 0 Å². The van der Waals surface area contributed by atoms with E-state index in [1.165, 1.54) is 0 Å². The zero-order valence-electron chi connectivity index (χ0n) is 15.6. The number of ether oxygens (including phenoxy) is 2. The zero-order valence-corrected chi connectivity index (χ0v) is 18.0. The van der Waals surface area contributed by atoms with Gasteiger partial charge in [-0.05, 0) is 36.8 Å². The minimum absolute atomic E-state index is 0.0413. The third kappa shape index (κ3) is 3.43. The Kier molecular flexibility index (Phi) is 5.32. The fraction of sp³-hybridized carbons (Fsp3) is 0.400. The van der Waals surface area contributed by atoms with Gasteiger partial charge in [-0.15, -0.1) is 0 Å². The standard InChI is InChI=1S/C20H22BrN3O2S/c1-4-26-17-9-13(14(21)10-16(17)25-3)19-18(15-7-5-6-8-22-15)23-20-24(19)11-12(2)27-20/h5-10,12,18-19H,4,11H2,1-3H3/t12-,18-,19+/m0/s1. The Bertz CT molecular complexity index is 862. The molecule has 1 saturated heterocycles. The quantitative estimate of drug-likeness (QED) is 0.655. The van der Waals surface area contributed by atoms with E-state index >= 15 is 0 Å². The molecule has 0 aliphatic carbocycles. The van der Waals surface area contributed by atoms with Crippen LogP contribution in [0.3, 0.4) is 0 Å². The molecule has 0 radical (unpaired) electrons. The smallest absolute Gasteiger partial charge is 0.161 e. The molecule has 7 heteroatoms. The number of thioether (sulfide) groups is 1. The molecule has 0 bridgehead atoms. The first kappa shape index (κ1) is 18.6. The third-order valence-corrected chi connectivity index (χ3v) is 6.57. The average Bonchev–Trinajstić information content (AvgIpc) is 3.20. The Labute approximate surface area is 172 Å². The van der Waals surface area contributed by atoms with E-state index in [-0.39, 0.29) is 12.1 Å². The van der Waals surface area contributed by atoms with E-state index in [0.29, 0.717) is 11.9 Å². The molecule has 3 atom stereocenters. The highest BCUT2D eigenvalue weighted by atomic mass is 79.9. The summed E-state index contributed by atoms with van der Waals surface area (Å²) in [5.41, 5.74) is 2.13. The molecule has 0 N–H and O–H groups in total. The summed E-state index contributed by atoms with van der Waals surface area (Å²) in [6.45, 7) is 5.78. The van der Waals surface area contributed by atoms with Crippen LogP contribution in [0, 0.1) is 0 Å². The van der Waals surface area contributed by atoms with Crippen molar-refractivity contribution in [3.8, 4) is 11.5 Å². The first-order chi connectivity index (χ1) is 13.1. The maximum atomic E-state index is 5.83. The number of methoxy groups -OCH3 is 1. The van der Waals surface area contributed by atoms with E-state index in [0.717, 1.165) is 38.9 Å². The average molecular weight is 448 g/mol. The van der Waals surface area contributed by atoms with Crippen molar-refractivity contribution in [3.05, 3.63) is 52.3 Å². The fourth-order valence-electron chi connectivity index (χ4n) is 3.66. The summed E-state index contributed by atoms with van der Waals surface area (Å²) in [5.74, 6) is 1.48. The van der Waals surface area contributed by atoms with Gasteiger partial charge in [0.1, 0.15) is 6.04 Å². The predicted octanol–water partition coefficient (Wildman–Crippen LogP) is 4.84. The molecule has 0 amide bonds. The molecular formula is C20H22BrN3O2S. The minimum Gasteiger partial charge on any atom is -0.493 e. The van der Waals surface area contributed by atoms with Gasteiger partial charge in [0, 0.05) is 22.5 Å². The van der Waals surface area contributed by atoms with Gasteiger partial charge < -0.3 is 14.4 Å². The number of aliphatic imine (C=N–C) groups is 1. The van der Waals surface area contributed by atoms with Crippen LogP contribution in [-0.4, -0.2) is 40.6 Å². The SMILES string of the molecule is CCOc1cc([C@@H]2[C@H](c3ccccn3)N=C3S[C@@H](C)CN32)c(Br)cc1OC. The Morgan fingerprint density at radius 3 is 2.85 bits per heavy atom. The van der Waals surface area contributed by atoms with Crippen LogP contribution in [-0.2, 0) is 0 Å². The van der Waals surface area contributed by atoms with Crippen LogP contribution in [0.5, 0.6) is 11.5 Å². The van der Waals surface area contributed by atoms with Crippen LogP contribution in [0.2, 0.25) is 0 Å². The number of aromatic nitrogens is 1. The molecule has 0 saturated carbocycles. The van der Waals surface area contributed by atoms with Gasteiger partial charge in [-0.25, -0.2) is 0 Å². The summed E-state index contributed by atoms with van der Waals surface area (Å²) in [4.78, 5) is 12.0. The van der Waals surface area contributed by atoms with Crippen LogP contribution in [0.1, 0.15) is 37.2 Å². The van der Waals surface area contributed by atoms with E-state index in [1.807, 2.05) is 43.1 Å². The molecule has 3 heterocycles. The fourth-order valence-corrected chi connectivity index (χ4v) is 5.31. The van der Waals surface area contributed by atoms with Crippen LogP contribution in [0.15, 0.2) is 46.0 Å². The topological polar surface area (TPSA) is 47.0 Å². The third-order valence-electron chi connectivity index (χ3n) is 4.78. The van der Waals surface area contributed by atoms with Crippen molar-refractivity contribution in [1.82, 2.24) is 9.88 Å². The van der Waals surface area contributed by atoms with Gasteiger partial charge >= 0.3 is 0 Å². The van der Waals surface area contributed by atoms with Gasteiger partial charge in [-0.2, -0.15) is 0 Å². The van der Waals surface area contributed by atoms with E-state index in [9.17, 15) is 0 Å². The summed E-state index contributed by atoms with van der Waals surface area (Å²) < 4.78 is 12.3. The number of benzene rings is 1. The lowest BCUT2D eigenvalue weighted by molar-refractivity contribution is 0.301. The van der Waals surface area contributed by atoms with Crippen LogP contribution >= 0.6 is 27.7 Å². The molecule has 0 spiro atoms. The maximum absolute atomic E-state index is 5.83. The summed E-state index contributed by atoms with van der Waals surface area (Å²) >= 11 is 5.59. The molecule has 0 unspecified atom stereocenters. The van der Waals surface area contributed by atoms with Gasteiger partial charge in [0.05, 0.1) is 25.5 Å². The van der Waals surface area contributed by atoms with Gasteiger partial charge in [0.15, 0.2) is 16.7 Å². The van der Waals surface area contributed by atoms with Crippen molar-refractivity contribution < 1.29 is 9.47 Å². The number of fused-ring (bicyclic) bond motifs is 1. The number of rotatable bonds is 5. The van der Waals surface area contributed by atoms with Crippen LogP contribution < -0.4 is 9.47 Å². The summed E-state index contributed by atoms with van der Waals surface area (Å²) in [7, 11) is 1.66. The lowest BCUT2D eigenvalue weighted by Gasteiger charge is -2.29. The lowest BCUT2D eigenvalue weighted by atomic mass is 9.96. The van der Waals surface area contributed by atoms with E-state index in [4.69, 9.17) is 14.5 Å². The van der Waals surface area contributed by atoms with Gasteiger partial charge in [0.2, 0.25) is 0 Å². The number of hydrogen-bond acceptors (Lipinski definition) is 6. The number of pyridine rings is 1. The van der Waals surface area contributed by atoms with Crippen molar-refractivity contribution in [3.63, 3.8) is 0 Å². The van der Waals surface area contributed by atoms with Crippen molar-refractivity contribution in [2.45, 2.75) is 31.2 Å². The van der Waals surface area contributed by atoms with E-state index in [2.05, 4.69) is 44.9 Å². The second kappa shape index (κ2) is 7.72. The molecule has 2 aliphatic rings. The first-order valence-electron chi connectivity index (χ1n) is 9.04. The van der Waals surface area contributed by atoms with Gasteiger partial charge in [-0.3, -0.25) is 9.98 Å². The van der Waals surface area contributed by atoms with Crippen molar-refractivity contribution >= 4 is 32.9 Å². The Hall–Kier alpha value is -1.73. The molecule has 2 aromatic rings. The molecular weight excluding hydrogens is 426 g/mol. The van der Waals surface area contributed by atoms with Crippen molar-refractivity contribution in [2.24, 2.45) is 4.99 Å².